The fraction of sp³-hybridized carbons (Fsp3) is 0.152. The Bertz CT molecular complexity index is 2280. The number of imidazole rings is 1. The molecule has 2 aromatic heterocycles. The van der Waals surface area contributed by atoms with Crippen molar-refractivity contribution in [3.8, 4) is 33.9 Å². The minimum Gasteiger partial charge on any atom is -0.494 e. The highest BCUT2D eigenvalue weighted by atomic mass is 32.2. The predicted molar refractivity (Wildman–Crippen MR) is 170 cm³/mol. The van der Waals surface area contributed by atoms with E-state index >= 15 is 0 Å². The molecule has 0 aliphatic heterocycles. The molecule has 0 saturated heterocycles. The molecule has 4 aromatic carbocycles. The molecule has 0 aliphatic carbocycles. The molecular formula is C33H27F3N4O5S. The Morgan fingerprint density at radius 1 is 0.957 bits per heavy atom. The second-order valence-corrected chi connectivity index (χ2v) is 12.7. The van der Waals surface area contributed by atoms with Gasteiger partial charge in [0.25, 0.3) is 5.91 Å². The van der Waals surface area contributed by atoms with Crippen molar-refractivity contribution in [1.29, 1.82) is 0 Å². The van der Waals surface area contributed by atoms with Gasteiger partial charge in [-0.3, -0.25) is 13.7 Å². The van der Waals surface area contributed by atoms with Crippen LogP contribution in [0.5, 0.6) is 5.75 Å². The Kier molecular flexibility index (Phi) is 7.51. The van der Waals surface area contributed by atoms with Crippen molar-refractivity contribution in [3.05, 3.63) is 95.6 Å². The van der Waals surface area contributed by atoms with Crippen LogP contribution in [-0.4, -0.2) is 51.3 Å². The third-order valence-electron chi connectivity index (χ3n) is 7.73. The van der Waals surface area contributed by atoms with Gasteiger partial charge in [0.15, 0.2) is 0 Å². The molecule has 236 valence electrons. The topological polar surface area (TPSA) is 107 Å². The number of carbonyl (C=O) groups is 1. The number of nitrogens with zero attached hydrogens (tertiary/aromatic N) is 3. The number of hydrogen-bond acceptors (Lipinski definition) is 6. The Labute approximate surface area is 261 Å². The van der Waals surface area contributed by atoms with Crippen LogP contribution < -0.4 is 14.4 Å². The van der Waals surface area contributed by atoms with E-state index in [4.69, 9.17) is 9.15 Å². The maximum Gasteiger partial charge on any atom is 0.255 e. The number of benzene rings is 4. The van der Waals surface area contributed by atoms with E-state index in [1.165, 1.54) is 63.7 Å². The van der Waals surface area contributed by atoms with Crippen molar-refractivity contribution in [2.24, 2.45) is 0 Å². The average molecular weight is 649 g/mol. The zero-order valence-electron chi connectivity index (χ0n) is 25.3. The van der Waals surface area contributed by atoms with Crippen LogP contribution in [0.4, 0.5) is 18.9 Å². The summed E-state index contributed by atoms with van der Waals surface area (Å²) in [6, 6.07) is 15.0. The molecule has 1 N–H and O–H groups in total. The zero-order valence-corrected chi connectivity index (χ0v) is 26.1. The van der Waals surface area contributed by atoms with E-state index in [0.717, 1.165) is 16.6 Å². The molecule has 1 amide bonds. The van der Waals surface area contributed by atoms with Crippen molar-refractivity contribution >= 4 is 43.6 Å². The first-order valence-electron chi connectivity index (χ1n) is 13.9. The number of halogens is 3. The van der Waals surface area contributed by atoms with Gasteiger partial charge >= 0.3 is 0 Å². The molecular weight excluding hydrogens is 621 g/mol. The van der Waals surface area contributed by atoms with Crippen LogP contribution in [0.1, 0.15) is 16.2 Å². The summed E-state index contributed by atoms with van der Waals surface area (Å²) in [4.78, 5) is 17.9. The largest absolute Gasteiger partial charge is 0.494 e. The molecule has 0 radical (unpaired) electrons. The molecule has 13 heteroatoms. The number of aromatic nitrogens is 2. The van der Waals surface area contributed by atoms with Crippen molar-refractivity contribution < 1.29 is 35.5 Å². The lowest BCUT2D eigenvalue weighted by molar-refractivity contribution is 0.0964. The molecule has 0 fully saturated rings. The number of nitrogens with one attached hydrogen (secondary N) is 1. The number of sulfonamides is 1. The number of fused-ring (bicyclic) bond motifs is 2. The van der Waals surface area contributed by atoms with Crippen LogP contribution in [0.2, 0.25) is 0 Å². The quantitative estimate of drug-likeness (QED) is 0.209. The second-order valence-electron chi connectivity index (χ2n) is 10.7. The highest BCUT2D eigenvalue weighted by Crippen LogP contribution is 2.43. The van der Waals surface area contributed by atoms with Crippen LogP contribution in [-0.2, 0) is 10.0 Å². The smallest absolute Gasteiger partial charge is 0.255 e. The molecule has 0 saturated carbocycles. The molecule has 46 heavy (non-hydrogen) atoms. The summed E-state index contributed by atoms with van der Waals surface area (Å²) in [6.45, 7) is 1.68. The first-order chi connectivity index (χ1) is 21.8. The van der Waals surface area contributed by atoms with E-state index in [9.17, 15) is 26.4 Å². The zero-order chi connectivity index (χ0) is 33.1. The van der Waals surface area contributed by atoms with E-state index in [-0.39, 0.29) is 28.3 Å². The number of ether oxygens (including phenoxy) is 1. The number of furan rings is 1. The average Bonchev–Trinajstić information content (AvgIpc) is 3.55. The fourth-order valence-corrected chi connectivity index (χ4v) is 6.03. The normalized spacial score (nSPS) is 11.7. The van der Waals surface area contributed by atoms with Crippen molar-refractivity contribution in [3.63, 3.8) is 0 Å². The first-order valence-corrected chi connectivity index (χ1v) is 15.7. The minimum atomic E-state index is -3.81. The molecule has 0 aliphatic rings. The minimum absolute atomic E-state index is 0.156. The Morgan fingerprint density at radius 3 is 2.24 bits per heavy atom. The van der Waals surface area contributed by atoms with Gasteiger partial charge in [-0.25, -0.2) is 26.6 Å². The van der Waals surface area contributed by atoms with Crippen LogP contribution >= 0.6 is 0 Å². The summed E-state index contributed by atoms with van der Waals surface area (Å²) in [6.07, 6.45) is 1.05. The van der Waals surface area contributed by atoms with Crippen LogP contribution in [0.3, 0.4) is 0 Å². The van der Waals surface area contributed by atoms with E-state index in [2.05, 4.69) is 10.3 Å². The third-order valence-corrected chi connectivity index (χ3v) is 8.92. The number of carbonyl (C=O) groups excluding carboxylic acids is 1. The van der Waals surface area contributed by atoms with E-state index in [1.54, 1.807) is 29.7 Å². The fourth-order valence-electron chi connectivity index (χ4n) is 5.53. The lowest BCUT2D eigenvalue weighted by Gasteiger charge is -2.21. The molecule has 2 heterocycles. The van der Waals surface area contributed by atoms with Gasteiger partial charge in [0.05, 0.1) is 35.8 Å². The number of hydrogen-bond donors (Lipinski definition) is 1. The van der Waals surface area contributed by atoms with E-state index < -0.39 is 33.4 Å². The molecule has 9 nitrogen and oxygen atoms in total. The Balaban J connectivity index is 1.70. The van der Waals surface area contributed by atoms with Crippen molar-refractivity contribution in [2.45, 2.75) is 6.92 Å². The molecule has 0 atom stereocenters. The molecule has 6 aromatic rings. The lowest BCUT2D eigenvalue weighted by atomic mass is 9.97. The van der Waals surface area contributed by atoms with Gasteiger partial charge in [0.2, 0.25) is 10.0 Å². The van der Waals surface area contributed by atoms with Gasteiger partial charge in [-0.1, -0.05) is 0 Å². The summed E-state index contributed by atoms with van der Waals surface area (Å²) in [5.74, 6) is -1.62. The van der Waals surface area contributed by atoms with Gasteiger partial charge in [-0.15, -0.1) is 0 Å². The number of methoxy groups -OCH3 is 1. The van der Waals surface area contributed by atoms with Crippen LogP contribution in [0.25, 0.3) is 50.1 Å². The molecule has 6 rings (SSSR count). The Hall–Kier alpha value is -5.30. The van der Waals surface area contributed by atoms with E-state index in [0.29, 0.717) is 44.7 Å². The molecule has 0 bridgehead atoms. The highest BCUT2D eigenvalue weighted by molar-refractivity contribution is 7.92. The van der Waals surface area contributed by atoms with Crippen molar-refractivity contribution in [2.75, 3.05) is 31.8 Å². The summed E-state index contributed by atoms with van der Waals surface area (Å²) in [5, 5.41) is 2.97. The van der Waals surface area contributed by atoms with Gasteiger partial charge < -0.3 is 14.5 Å². The second kappa shape index (κ2) is 11.2. The van der Waals surface area contributed by atoms with Crippen molar-refractivity contribution in [1.82, 2.24) is 14.9 Å². The first kappa shape index (κ1) is 30.7. The molecule has 0 unspecified atom stereocenters. The van der Waals surface area contributed by atoms with Gasteiger partial charge in [-0.05, 0) is 67.1 Å². The highest BCUT2D eigenvalue weighted by Gasteiger charge is 2.27. The number of aryl methyl sites for hydroxylation is 1. The van der Waals surface area contributed by atoms with Gasteiger partial charge in [0.1, 0.15) is 45.9 Å². The lowest BCUT2D eigenvalue weighted by Crippen LogP contribution is -2.25. The number of anilines is 1. The summed E-state index contributed by atoms with van der Waals surface area (Å²) in [5.41, 5.74) is 2.83. The van der Waals surface area contributed by atoms with E-state index in [1.807, 2.05) is 0 Å². The van der Waals surface area contributed by atoms with Crippen LogP contribution in [0, 0.1) is 24.4 Å². The summed E-state index contributed by atoms with van der Waals surface area (Å²) in [7, 11) is 0.465. The number of amides is 1. The summed E-state index contributed by atoms with van der Waals surface area (Å²) >= 11 is 0. The standard InChI is InChI=1S/C33H27F3N4O5S/c1-17-38-31-27(40(17)23-13-21(35)12-22(36)14-23)10-19(11-29(31)44-4)24-15-25-28(16-26(24)39(3)46(5,42)43)45-32(30(25)33(41)37-2)18-6-8-20(34)9-7-18/h6-16H,1-5H3,(H,37,41). The van der Waals surface area contributed by atoms with Crippen LogP contribution in [0.15, 0.2) is 71.1 Å². The molecule has 0 spiro atoms. The SMILES string of the molecule is CNC(=O)c1c(-c2ccc(F)cc2)oc2cc(N(C)S(C)(=O)=O)c(-c3cc(OC)c4nc(C)n(-c5cc(F)cc(F)c5)c4c3)cc12. The predicted octanol–water partition coefficient (Wildman–Crippen LogP) is 6.60. The third kappa shape index (κ3) is 5.21. The van der Waals surface area contributed by atoms with Gasteiger partial charge in [0, 0.05) is 42.7 Å². The Morgan fingerprint density at radius 2 is 1.63 bits per heavy atom. The summed E-state index contributed by atoms with van der Waals surface area (Å²) < 4.78 is 82.5. The maximum absolute atomic E-state index is 14.3. The maximum atomic E-state index is 14.3. The monoisotopic (exact) mass is 648 g/mol. The van der Waals surface area contributed by atoms with Gasteiger partial charge in [-0.2, -0.15) is 0 Å². The number of rotatable bonds is 7.